The maximum Gasteiger partial charge on any atom is 0.224 e. The molecule has 0 aliphatic carbocycles. The van der Waals surface area contributed by atoms with E-state index in [1.807, 2.05) is 24.3 Å². The Morgan fingerprint density at radius 1 is 1.16 bits per heavy atom. The van der Waals surface area contributed by atoms with Gasteiger partial charge in [0.15, 0.2) is 5.12 Å². The molecule has 1 aliphatic heterocycles. The molecule has 1 N–H and O–H groups in total. The minimum atomic E-state index is 0.0513. The van der Waals surface area contributed by atoms with Crippen LogP contribution in [0.25, 0.3) is 0 Å². The molecule has 1 fully saturated rings. The first-order valence-corrected chi connectivity index (χ1v) is 8.88. The third-order valence-corrected chi connectivity index (χ3v) is 4.86. The largest absolute Gasteiger partial charge is 0.508 e. The molecular formula is C19H19NO4S. The van der Waals surface area contributed by atoms with E-state index in [1.165, 1.54) is 18.7 Å². The van der Waals surface area contributed by atoms with Gasteiger partial charge < -0.3 is 14.7 Å². The van der Waals surface area contributed by atoms with Crippen molar-refractivity contribution in [3.05, 3.63) is 54.1 Å². The molecule has 0 radical (unpaired) electrons. The molecule has 130 valence electrons. The maximum atomic E-state index is 12.1. The van der Waals surface area contributed by atoms with E-state index in [9.17, 15) is 14.7 Å². The van der Waals surface area contributed by atoms with E-state index < -0.39 is 0 Å². The Morgan fingerprint density at radius 3 is 2.36 bits per heavy atom. The molecule has 1 atom stereocenters. The number of carbonyl (C=O) groups is 2. The lowest BCUT2D eigenvalue weighted by Gasteiger charge is -2.16. The molecule has 5 nitrogen and oxygen atoms in total. The van der Waals surface area contributed by atoms with Gasteiger partial charge in [0.25, 0.3) is 0 Å². The predicted octanol–water partition coefficient (Wildman–Crippen LogP) is 3.57. The van der Waals surface area contributed by atoms with Gasteiger partial charge in [-0.15, -0.1) is 0 Å². The number of amides is 1. The molecule has 0 spiro atoms. The number of likely N-dealkylation sites (tertiary alicyclic amines) is 1. The van der Waals surface area contributed by atoms with Crippen LogP contribution >= 0.6 is 11.8 Å². The number of hydrogen-bond donors (Lipinski definition) is 1. The second-order valence-electron chi connectivity index (χ2n) is 5.95. The summed E-state index contributed by atoms with van der Waals surface area (Å²) in [6, 6.07) is 14.1. The van der Waals surface area contributed by atoms with Crippen LogP contribution in [0, 0.1) is 0 Å². The van der Waals surface area contributed by atoms with Crippen molar-refractivity contribution >= 4 is 22.8 Å². The molecule has 0 bridgehead atoms. The first-order chi connectivity index (χ1) is 12.0. The van der Waals surface area contributed by atoms with Crippen molar-refractivity contribution in [3.8, 4) is 17.2 Å². The minimum Gasteiger partial charge on any atom is -0.508 e. The van der Waals surface area contributed by atoms with E-state index in [2.05, 4.69) is 0 Å². The first kappa shape index (κ1) is 17.4. The smallest absolute Gasteiger partial charge is 0.224 e. The molecule has 2 aromatic carbocycles. The monoisotopic (exact) mass is 357 g/mol. The number of ether oxygens (including phenoxy) is 1. The highest BCUT2D eigenvalue weighted by Gasteiger charge is 2.30. The van der Waals surface area contributed by atoms with Crippen molar-refractivity contribution < 1.29 is 19.4 Å². The summed E-state index contributed by atoms with van der Waals surface area (Å²) in [5.41, 5.74) is 1.01. The summed E-state index contributed by atoms with van der Waals surface area (Å²) in [6.07, 6.45) is 0.423. The average Bonchev–Trinajstić information content (AvgIpc) is 2.90. The van der Waals surface area contributed by atoms with Gasteiger partial charge in [0.2, 0.25) is 5.91 Å². The van der Waals surface area contributed by atoms with Gasteiger partial charge in [-0.25, -0.2) is 0 Å². The molecule has 25 heavy (non-hydrogen) atoms. The molecule has 1 heterocycles. The van der Waals surface area contributed by atoms with Crippen LogP contribution in [0.1, 0.15) is 18.9 Å². The second kappa shape index (κ2) is 7.61. The summed E-state index contributed by atoms with van der Waals surface area (Å²) < 4.78 is 5.71. The molecule has 3 rings (SSSR count). The highest BCUT2D eigenvalue weighted by molar-refractivity contribution is 8.14. The Kier molecular flexibility index (Phi) is 5.28. The second-order valence-corrected chi connectivity index (χ2v) is 7.43. The van der Waals surface area contributed by atoms with Gasteiger partial charge >= 0.3 is 0 Å². The topological polar surface area (TPSA) is 66.8 Å². The SMILES string of the molecule is CC(=O)SC1CC(=O)N(Cc2ccc(Oc3ccc(O)cc3)cc2)C1. The number of rotatable bonds is 5. The fourth-order valence-corrected chi connectivity index (χ4v) is 3.69. The lowest BCUT2D eigenvalue weighted by Crippen LogP contribution is -2.24. The Morgan fingerprint density at radius 2 is 1.76 bits per heavy atom. The van der Waals surface area contributed by atoms with Gasteiger partial charge in [0.05, 0.1) is 0 Å². The summed E-state index contributed by atoms with van der Waals surface area (Å²) in [7, 11) is 0. The summed E-state index contributed by atoms with van der Waals surface area (Å²) in [5.74, 6) is 1.61. The van der Waals surface area contributed by atoms with E-state index in [1.54, 1.807) is 29.2 Å². The fraction of sp³-hybridized carbons (Fsp3) is 0.263. The number of hydrogen-bond acceptors (Lipinski definition) is 5. The zero-order valence-electron chi connectivity index (χ0n) is 13.8. The normalized spacial score (nSPS) is 16.9. The Labute approximate surface area is 150 Å². The van der Waals surface area contributed by atoms with Crippen molar-refractivity contribution in [3.63, 3.8) is 0 Å². The van der Waals surface area contributed by atoms with Crippen molar-refractivity contribution in [2.24, 2.45) is 0 Å². The Bertz CT molecular complexity index is 758. The van der Waals surface area contributed by atoms with Crippen LogP contribution < -0.4 is 4.74 Å². The third-order valence-electron chi connectivity index (χ3n) is 3.88. The minimum absolute atomic E-state index is 0.0513. The number of thioether (sulfide) groups is 1. The van der Waals surface area contributed by atoms with Crippen LogP contribution in [0.5, 0.6) is 17.2 Å². The summed E-state index contributed by atoms with van der Waals surface area (Å²) in [4.78, 5) is 25.0. The van der Waals surface area contributed by atoms with E-state index in [4.69, 9.17) is 4.74 Å². The van der Waals surface area contributed by atoms with E-state index in [-0.39, 0.29) is 22.0 Å². The summed E-state index contributed by atoms with van der Waals surface area (Å²) >= 11 is 1.25. The maximum absolute atomic E-state index is 12.1. The van der Waals surface area contributed by atoms with E-state index >= 15 is 0 Å². The van der Waals surface area contributed by atoms with Gasteiger partial charge in [-0.1, -0.05) is 23.9 Å². The van der Waals surface area contributed by atoms with Crippen molar-refractivity contribution in [2.75, 3.05) is 6.54 Å². The van der Waals surface area contributed by atoms with E-state index in [0.717, 1.165) is 5.56 Å². The quantitative estimate of drug-likeness (QED) is 0.886. The number of phenolic OH excluding ortho intramolecular Hbond substituents is 1. The first-order valence-electron chi connectivity index (χ1n) is 8.00. The van der Waals surface area contributed by atoms with Crippen LogP contribution in [0.3, 0.4) is 0 Å². The molecule has 1 aliphatic rings. The van der Waals surface area contributed by atoms with Crippen molar-refractivity contribution in [1.29, 1.82) is 0 Å². The zero-order valence-corrected chi connectivity index (χ0v) is 14.7. The van der Waals surface area contributed by atoms with Crippen molar-refractivity contribution in [2.45, 2.75) is 25.1 Å². The number of nitrogens with zero attached hydrogens (tertiary/aromatic N) is 1. The van der Waals surface area contributed by atoms with E-state index in [0.29, 0.717) is 31.0 Å². The predicted molar refractivity (Wildman–Crippen MR) is 96.7 cm³/mol. The van der Waals surface area contributed by atoms with Crippen LogP contribution in [0.15, 0.2) is 48.5 Å². The van der Waals surface area contributed by atoms with Crippen LogP contribution in [0.2, 0.25) is 0 Å². The van der Waals surface area contributed by atoms with Gasteiger partial charge in [0.1, 0.15) is 17.2 Å². The molecule has 0 aromatic heterocycles. The molecule has 1 saturated heterocycles. The van der Waals surface area contributed by atoms with Gasteiger partial charge in [-0.05, 0) is 42.0 Å². The van der Waals surface area contributed by atoms with Crippen LogP contribution in [-0.2, 0) is 16.1 Å². The summed E-state index contributed by atoms with van der Waals surface area (Å²) in [6.45, 7) is 2.67. The number of aromatic hydroxyl groups is 1. The van der Waals surface area contributed by atoms with Crippen molar-refractivity contribution in [1.82, 2.24) is 4.90 Å². The number of carbonyl (C=O) groups excluding carboxylic acids is 2. The van der Waals surface area contributed by atoms with Gasteiger partial charge in [-0.2, -0.15) is 0 Å². The lowest BCUT2D eigenvalue weighted by molar-refractivity contribution is -0.128. The Hall–Kier alpha value is -2.47. The standard InChI is InChI=1S/C19H19NO4S/c1-13(21)25-18-10-19(23)20(12-18)11-14-2-6-16(7-3-14)24-17-8-4-15(22)5-9-17/h2-9,18,22H,10-12H2,1H3. The summed E-state index contributed by atoms with van der Waals surface area (Å²) in [5, 5.41) is 9.38. The van der Waals surface area contributed by atoms with Gasteiger partial charge in [-0.3, -0.25) is 9.59 Å². The molecule has 0 saturated carbocycles. The highest BCUT2D eigenvalue weighted by atomic mass is 32.2. The molecule has 2 aromatic rings. The Balaban J connectivity index is 1.58. The highest BCUT2D eigenvalue weighted by Crippen LogP contribution is 2.27. The number of benzene rings is 2. The molecular weight excluding hydrogens is 338 g/mol. The van der Waals surface area contributed by atoms with Crippen LogP contribution in [0.4, 0.5) is 0 Å². The lowest BCUT2D eigenvalue weighted by atomic mass is 10.2. The zero-order chi connectivity index (χ0) is 17.8. The van der Waals surface area contributed by atoms with Crippen LogP contribution in [-0.4, -0.2) is 32.8 Å². The molecule has 1 amide bonds. The number of phenols is 1. The fourth-order valence-electron chi connectivity index (χ4n) is 2.74. The molecule has 1 unspecified atom stereocenters. The average molecular weight is 357 g/mol. The van der Waals surface area contributed by atoms with Gasteiger partial charge in [0, 0.05) is 31.7 Å². The molecule has 6 heteroatoms. The third kappa shape index (κ3) is 4.76.